The Morgan fingerprint density at radius 1 is 1.27 bits per heavy atom. The number of nitrogens with one attached hydrogen (secondary N) is 2. The third-order valence-corrected chi connectivity index (χ3v) is 3.41. The molecule has 0 radical (unpaired) electrons. The van der Waals surface area contributed by atoms with Gasteiger partial charge in [-0.15, -0.1) is 0 Å². The Labute approximate surface area is 133 Å². The molecular weight excluding hydrogens is 302 g/mol. The molecule has 0 aliphatic heterocycles. The number of phenolic OH excluding ortho intramolecular Hbond substituents is 1. The normalized spacial score (nSPS) is 10.6. The second-order valence-electron chi connectivity index (χ2n) is 4.65. The lowest BCUT2D eigenvalue weighted by atomic mass is 10.2. The molecule has 6 heteroatoms. The highest BCUT2D eigenvalue weighted by Gasteiger charge is 2.04. The number of carbonyl (C=O) groups is 1. The molecule has 0 atom stereocenters. The molecule has 0 aliphatic rings. The van der Waals surface area contributed by atoms with Crippen LogP contribution in [-0.4, -0.2) is 23.8 Å². The molecule has 0 spiro atoms. The van der Waals surface area contributed by atoms with Crippen molar-refractivity contribution >= 4 is 29.4 Å². The Morgan fingerprint density at radius 2 is 2.00 bits per heavy atom. The zero-order chi connectivity index (χ0) is 15.9. The van der Waals surface area contributed by atoms with Gasteiger partial charge in [-0.2, -0.15) is 5.10 Å². The number of hydrogen-bond donors (Lipinski definition) is 3. The molecule has 0 bridgehead atoms. The molecule has 0 aliphatic carbocycles. The molecule has 0 saturated heterocycles. The fourth-order valence-corrected chi connectivity index (χ4v) is 1.93. The first kappa shape index (κ1) is 15.9. The van der Waals surface area contributed by atoms with Crippen molar-refractivity contribution in [2.75, 3.05) is 11.9 Å². The summed E-state index contributed by atoms with van der Waals surface area (Å²) in [7, 11) is 0. The minimum absolute atomic E-state index is 0.0914. The highest BCUT2D eigenvalue weighted by molar-refractivity contribution is 6.31. The number of rotatable bonds is 5. The number of hydrogen-bond acceptors (Lipinski definition) is 4. The van der Waals surface area contributed by atoms with E-state index < -0.39 is 0 Å². The van der Waals surface area contributed by atoms with Crippen molar-refractivity contribution in [1.29, 1.82) is 0 Å². The lowest BCUT2D eigenvalue weighted by Gasteiger charge is -2.09. The molecule has 2 aromatic carbocycles. The van der Waals surface area contributed by atoms with Crippen LogP contribution in [0.2, 0.25) is 5.02 Å². The highest BCUT2D eigenvalue weighted by Crippen LogP contribution is 2.22. The molecule has 0 heterocycles. The van der Waals surface area contributed by atoms with Gasteiger partial charge in [-0.3, -0.25) is 4.79 Å². The van der Waals surface area contributed by atoms with Crippen LogP contribution < -0.4 is 10.7 Å². The summed E-state index contributed by atoms with van der Waals surface area (Å²) in [5.74, 6) is -0.0864. The van der Waals surface area contributed by atoms with Crippen molar-refractivity contribution in [1.82, 2.24) is 5.43 Å². The number of amides is 1. The number of anilines is 1. The lowest BCUT2D eigenvalue weighted by Crippen LogP contribution is -2.26. The van der Waals surface area contributed by atoms with E-state index in [1.54, 1.807) is 30.3 Å². The predicted octanol–water partition coefficient (Wildman–Crippen LogP) is 2.92. The van der Waals surface area contributed by atoms with Crippen molar-refractivity contribution < 1.29 is 9.90 Å². The number of benzene rings is 2. The monoisotopic (exact) mass is 317 g/mol. The van der Waals surface area contributed by atoms with Crippen molar-refractivity contribution in [3.8, 4) is 5.75 Å². The second kappa shape index (κ2) is 7.47. The molecule has 2 aromatic rings. The Bertz CT molecular complexity index is 684. The molecule has 22 heavy (non-hydrogen) atoms. The summed E-state index contributed by atoms with van der Waals surface area (Å²) < 4.78 is 0. The summed E-state index contributed by atoms with van der Waals surface area (Å²) in [5.41, 5.74) is 4.90. The largest absolute Gasteiger partial charge is 0.508 e. The van der Waals surface area contributed by atoms with E-state index in [0.29, 0.717) is 5.02 Å². The van der Waals surface area contributed by atoms with Gasteiger partial charge in [-0.05, 0) is 54.4 Å². The van der Waals surface area contributed by atoms with Gasteiger partial charge >= 0.3 is 0 Å². The van der Waals surface area contributed by atoms with E-state index in [1.165, 1.54) is 6.21 Å². The molecule has 3 N–H and O–H groups in total. The molecule has 114 valence electrons. The molecule has 5 nitrogen and oxygen atoms in total. The molecular formula is C16H16ClN3O2. The summed E-state index contributed by atoms with van der Waals surface area (Å²) in [6.45, 7) is 1.97. The Kier molecular flexibility index (Phi) is 5.38. The minimum atomic E-state index is -0.269. The predicted molar refractivity (Wildman–Crippen MR) is 88.5 cm³/mol. The van der Waals surface area contributed by atoms with Crippen molar-refractivity contribution in [2.24, 2.45) is 5.10 Å². The van der Waals surface area contributed by atoms with Gasteiger partial charge in [-0.1, -0.05) is 17.7 Å². The van der Waals surface area contributed by atoms with Gasteiger partial charge in [0.1, 0.15) is 5.75 Å². The lowest BCUT2D eigenvalue weighted by molar-refractivity contribution is -0.119. The first-order valence-corrected chi connectivity index (χ1v) is 7.04. The standard InChI is InChI=1S/C16H16ClN3O2/c1-11-14(17)3-2-4-15(11)18-10-16(22)20-19-9-12-5-7-13(21)8-6-12/h2-9,18,21H,10H2,1H3,(H,20,22)/b19-9+. The molecule has 0 saturated carbocycles. The smallest absolute Gasteiger partial charge is 0.259 e. The summed E-state index contributed by atoms with van der Waals surface area (Å²) in [6.07, 6.45) is 1.50. The quantitative estimate of drug-likeness (QED) is 0.586. The van der Waals surface area contributed by atoms with Crippen LogP contribution in [0, 0.1) is 6.92 Å². The maximum absolute atomic E-state index is 11.7. The van der Waals surface area contributed by atoms with E-state index in [0.717, 1.165) is 16.8 Å². The molecule has 2 rings (SSSR count). The fraction of sp³-hybridized carbons (Fsp3) is 0.125. The maximum atomic E-state index is 11.7. The Morgan fingerprint density at radius 3 is 2.73 bits per heavy atom. The average Bonchev–Trinajstić information content (AvgIpc) is 2.51. The van der Waals surface area contributed by atoms with Gasteiger partial charge in [0.25, 0.3) is 5.91 Å². The van der Waals surface area contributed by atoms with Gasteiger partial charge in [0.2, 0.25) is 0 Å². The molecule has 0 fully saturated rings. The van der Waals surface area contributed by atoms with Gasteiger partial charge < -0.3 is 10.4 Å². The number of phenols is 1. The van der Waals surface area contributed by atoms with Crippen LogP contribution in [0.3, 0.4) is 0 Å². The van der Waals surface area contributed by atoms with E-state index in [2.05, 4.69) is 15.8 Å². The van der Waals surface area contributed by atoms with Crippen LogP contribution in [-0.2, 0) is 4.79 Å². The van der Waals surface area contributed by atoms with Crippen LogP contribution in [0.5, 0.6) is 5.75 Å². The van der Waals surface area contributed by atoms with Crippen molar-refractivity contribution in [3.63, 3.8) is 0 Å². The topological polar surface area (TPSA) is 73.7 Å². The fourth-order valence-electron chi connectivity index (χ4n) is 1.75. The van der Waals surface area contributed by atoms with E-state index >= 15 is 0 Å². The molecule has 0 aromatic heterocycles. The van der Waals surface area contributed by atoms with E-state index in [4.69, 9.17) is 16.7 Å². The minimum Gasteiger partial charge on any atom is -0.508 e. The highest BCUT2D eigenvalue weighted by atomic mass is 35.5. The van der Waals surface area contributed by atoms with Crippen molar-refractivity contribution in [2.45, 2.75) is 6.92 Å². The average molecular weight is 318 g/mol. The second-order valence-corrected chi connectivity index (χ2v) is 5.06. The van der Waals surface area contributed by atoms with Crippen molar-refractivity contribution in [3.05, 3.63) is 58.6 Å². The summed E-state index contributed by atoms with van der Waals surface area (Å²) in [6, 6.07) is 12.0. The van der Waals surface area contributed by atoms with Crippen LogP contribution in [0.4, 0.5) is 5.69 Å². The third-order valence-electron chi connectivity index (χ3n) is 3.00. The van der Waals surface area contributed by atoms with E-state index in [1.807, 2.05) is 19.1 Å². The first-order valence-electron chi connectivity index (χ1n) is 6.66. The number of hydrazone groups is 1. The van der Waals surface area contributed by atoms with Gasteiger partial charge in [0, 0.05) is 10.7 Å². The van der Waals surface area contributed by atoms with Crippen LogP contribution in [0.1, 0.15) is 11.1 Å². The number of aromatic hydroxyl groups is 1. The van der Waals surface area contributed by atoms with Crippen LogP contribution in [0.15, 0.2) is 47.6 Å². The Hall–Kier alpha value is -2.53. The van der Waals surface area contributed by atoms with Gasteiger partial charge in [-0.25, -0.2) is 5.43 Å². The summed E-state index contributed by atoms with van der Waals surface area (Å²) >= 11 is 6.01. The third kappa shape index (κ3) is 4.49. The zero-order valence-electron chi connectivity index (χ0n) is 12.0. The summed E-state index contributed by atoms with van der Waals surface area (Å²) in [4.78, 5) is 11.7. The summed E-state index contributed by atoms with van der Waals surface area (Å²) in [5, 5.41) is 16.7. The first-order chi connectivity index (χ1) is 10.6. The SMILES string of the molecule is Cc1c(Cl)cccc1NCC(=O)N/N=C/c1ccc(O)cc1. The van der Waals surface area contributed by atoms with Crippen LogP contribution >= 0.6 is 11.6 Å². The van der Waals surface area contributed by atoms with Gasteiger partial charge in [0.15, 0.2) is 0 Å². The van der Waals surface area contributed by atoms with E-state index in [-0.39, 0.29) is 18.2 Å². The number of nitrogens with zero attached hydrogens (tertiary/aromatic N) is 1. The maximum Gasteiger partial charge on any atom is 0.259 e. The number of carbonyl (C=O) groups excluding carboxylic acids is 1. The molecule has 0 unspecified atom stereocenters. The van der Waals surface area contributed by atoms with Crippen LogP contribution in [0.25, 0.3) is 0 Å². The molecule has 1 amide bonds. The number of halogens is 1. The van der Waals surface area contributed by atoms with Gasteiger partial charge in [0.05, 0.1) is 12.8 Å². The van der Waals surface area contributed by atoms with E-state index in [9.17, 15) is 4.79 Å². The Balaban J connectivity index is 1.83. The zero-order valence-corrected chi connectivity index (χ0v) is 12.8.